The highest BCUT2D eigenvalue weighted by atomic mass is 15.1. The Hall–Kier alpha value is -3.92. The van der Waals surface area contributed by atoms with Gasteiger partial charge in [0.1, 0.15) is 13.6 Å². The second kappa shape index (κ2) is 9.52. The van der Waals surface area contributed by atoms with Crippen molar-refractivity contribution in [3.05, 3.63) is 109 Å². The Kier molecular flexibility index (Phi) is 6.13. The molecule has 0 bridgehead atoms. The van der Waals surface area contributed by atoms with Gasteiger partial charge < -0.3 is 9.80 Å². The van der Waals surface area contributed by atoms with Gasteiger partial charge in [-0.05, 0) is 35.4 Å². The third kappa shape index (κ3) is 4.44. The van der Waals surface area contributed by atoms with Gasteiger partial charge in [0.25, 0.3) is 0 Å². The van der Waals surface area contributed by atoms with Crippen molar-refractivity contribution >= 4 is 33.9 Å². The number of aromatic nitrogens is 2. The zero-order valence-electron chi connectivity index (χ0n) is 20.2. The van der Waals surface area contributed by atoms with Gasteiger partial charge in [0, 0.05) is 74.5 Å². The van der Waals surface area contributed by atoms with E-state index < -0.39 is 0 Å². The first-order valence-corrected chi connectivity index (χ1v) is 11.9. The van der Waals surface area contributed by atoms with Crippen molar-refractivity contribution in [1.82, 2.24) is 0 Å². The van der Waals surface area contributed by atoms with Gasteiger partial charge in [0.2, 0.25) is 5.52 Å². The first-order chi connectivity index (χ1) is 16.6. The van der Waals surface area contributed by atoms with Crippen LogP contribution in [-0.2, 0) is 13.6 Å². The summed E-state index contributed by atoms with van der Waals surface area (Å²) in [7, 11) is 6.24. The number of fused-ring (bicyclic) bond motifs is 2. The molecule has 0 fully saturated rings. The minimum absolute atomic E-state index is 0.979. The predicted octanol–water partition coefficient (Wildman–Crippen LogP) is 4.98. The van der Waals surface area contributed by atoms with Crippen LogP contribution in [0.25, 0.3) is 22.6 Å². The summed E-state index contributed by atoms with van der Waals surface area (Å²) in [6.07, 6.45) is 14.4. The molecule has 34 heavy (non-hydrogen) atoms. The van der Waals surface area contributed by atoms with Crippen molar-refractivity contribution in [1.29, 1.82) is 0 Å². The van der Waals surface area contributed by atoms with Gasteiger partial charge >= 0.3 is 0 Å². The lowest BCUT2D eigenvalue weighted by atomic mass is 9.96. The molecule has 0 amide bonds. The maximum absolute atomic E-state index is 2.38. The van der Waals surface area contributed by atoms with E-state index in [0.717, 1.165) is 19.5 Å². The zero-order valence-corrected chi connectivity index (χ0v) is 20.2. The quantitative estimate of drug-likeness (QED) is 0.386. The van der Waals surface area contributed by atoms with Crippen molar-refractivity contribution < 1.29 is 9.13 Å². The minimum atomic E-state index is 0.979. The third-order valence-electron chi connectivity index (χ3n) is 6.55. The van der Waals surface area contributed by atoms with Crippen LogP contribution >= 0.6 is 0 Å². The first-order valence-electron chi connectivity index (χ1n) is 11.9. The number of rotatable bonds is 6. The number of benzene rings is 2. The summed E-state index contributed by atoms with van der Waals surface area (Å²) in [6.45, 7) is 1.98. The van der Waals surface area contributed by atoms with E-state index in [1.54, 1.807) is 0 Å². The molecule has 2 aromatic carbocycles. The van der Waals surface area contributed by atoms with Crippen LogP contribution in [-0.4, -0.2) is 20.6 Å². The molecule has 4 heteroatoms. The summed E-state index contributed by atoms with van der Waals surface area (Å²) < 4.78 is 4.44. The number of para-hydroxylation sites is 2. The molecule has 2 aromatic heterocycles. The highest BCUT2D eigenvalue weighted by Gasteiger charge is 2.17. The van der Waals surface area contributed by atoms with Gasteiger partial charge in [0.15, 0.2) is 18.6 Å². The second-order valence-electron chi connectivity index (χ2n) is 9.07. The maximum atomic E-state index is 2.38. The Labute approximate surface area is 202 Å². The minimum Gasteiger partial charge on any atom is -0.377 e. The van der Waals surface area contributed by atoms with Crippen LogP contribution in [0.2, 0.25) is 0 Å². The van der Waals surface area contributed by atoms with E-state index in [0.29, 0.717) is 0 Å². The van der Waals surface area contributed by atoms with E-state index in [2.05, 4.69) is 144 Å². The number of anilines is 2. The Morgan fingerprint density at radius 1 is 0.882 bits per heavy atom. The summed E-state index contributed by atoms with van der Waals surface area (Å²) in [5.41, 5.74) is 7.51. The average molecular weight is 449 g/mol. The fraction of sp³-hybridized carbons (Fsp3) is 0.200. The van der Waals surface area contributed by atoms with Crippen LogP contribution in [0.1, 0.15) is 17.5 Å². The number of hydrogen-bond donors (Lipinski definition) is 0. The van der Waals surface area contributed by atoms with Gasteiger partial charge in [-0.25, -0.2) is 9.13 Å². The molecule has 0 radical (unpaired) electrons. The van der Waals surface area contributed by atoms with Gasteiger partial charge in [0.05, 0.1) is 5.39 Å². The Morgan fingerprint density at radius 3 is 2.47 bits per heavy atom. The standard InChI is InChI=1S/C30H32N4/c1-31(2)26-15-20-33(21-16-26)17-8-18-34-22-14-25(28-10-5-7-12-30(28)34)23-24-13-19-32(3)29-11-6-4-9-27(24)29/h4-7,9-16,19-23H,8,17-18H2,1-3H3/q+2. The molecule has 0 atom stereocenters. The van der Waals surface area contributed by atoms with Crippen LogP contribution in [0.5, 0.6) is 0 Å². The van der Waals surface area contributed by atoms with Crippen molar-refractivity contribution in [2.24, 2.45) is 7.05 Å². The Morgan fingerprint density at radius 2 is 1.65 bits per heavy atom. The molecule has 4 nitrogen and oxygen atoms in total. The molecule has 5 rings (SSSR count). The Bertz CT molecular complexity index is 1370. The van der Waals surface area contributed by atoms with Gasteiger partial charge in [-0.15, -0.1) is 0 Å². The van der Waals surface area contributed by atoms with Crippen LogP contribution in [0.15, 0.2) is 97.6 Å². The number of aryl methyl sites for hydroxylation is 2. The fourth-order valence-corrected chi connectivity index (χ4v) is 4.63. The van der Waals surface area contributed by atoms with E-state index >= 15 is 0 Å². The first kappa shape index (κ1) is 21.9. The smallest absolute Gasteiger partial charge is 0.212 e. The maximum Gasteiger partial charge on any atom is 0.212 e. The molecule has 0 spiro atoms. The summed E-state index contributed by atoms with van der Waals surface area (Å²) >= 11 is 0. The lowest BCUT2D eigenvalue weighted by Gasteiger charge is -2.27. The van der Waals surface area contributed by atoms with E-state index in [1.165, 1.54) is 39.0 Å². The van der Waals surface area contributed by atoms with Crippen LogP contribution in [0.3, 0.4) is 0 Å². The number of pyridine rings is 2. The molecule has 1 aliphatic rings. The zero-order chi connectivity index (χ0) is 23.5. The predicted molar refractivity (Wildman–Crippen MR) is 142 cm³/mol. The van der Waals surface area contributed by atoms with E-state index in [-0.39, 0.29) is 0 Å². The Balaban J connectivity index is 1.36. The molecule has 1 aliphatic heterocycles. The van der Waals surface area contributed by atoms with E-state index in [4.69, 9.17) is 0 Å². The topological polar surface area (TPSA) is 14.2 Å². The SMILES string of the molecule is CN(C)c1cc[n+](CCCN2C=C/C(=C\c3cc[n+](C)c4ccccc34)c3ccccc32)cc1. The normalized spacial score (nSPS) is 14.0. The highest BCUT2D eigenvalue weighted by molar-refractivity contribution is 5.99. The number of allylic oxidation sites excluding steroid dienone is 2. The molecule has 170 valence electrons. The molecule has 0 saturated heterocycles. The van der Waals surface area contributed by atoms with E-state index in [9.17, 15) is 0 Å². The number of hydrogen-bond acceptors (Lipinski definition) is 2. The largest absolute Gasteiger partial charge is 0.377 e. The monoisotopic (exact) mass is 448 g/mol. The lowest BCUT2D eigenvalue weighted by Crippen LogP contribution is -2.35. The molecule has 0 aliphatic carbocycles. The fourth-order valence-electron chi connectivity index (χ4n) is 4.63. The summed E-state index contributed by atoms with van der Waals surface area (Å²) in [6, 6.07) is 23.9. The van der Waals surface area contributed by atoms with Crippen molar-refractivity contribution in [3.8, 4) is 0 Å². The van der Waals surface area contributed by atoms with Crippen LogP contribution in [0.4, 0.5) is 11.4 Å². The molecule has 0 saturated carbocycles. The average Bonchev–Trinajstić information content (AvgIpc) is 2.87. The van der Waals surface area contributed by atoms with Crippen LogP contribution in [0, 0.1) is 0 Å². The third-order valence-corrected chi connectivity index (χ3v) is 6.55. The van der Waals surface area contributed by atoms with Crippen molar-refractivity contribution in [2.45, 2.75) is 13.0 Å². The van der Waals surface area contributed by atoms with Crippen molar-refractivity contribution in [2.75, 3.05) is 30.4 Å². The van der Waals surface area contributed by atoms with Crippen LogP contribution < -0.4 is 18.9 Å². The van der Waals surface area contributed by atoms with Gasteiger partial charge in [-0.3, -0.25) is 0 Å². The molecular weight excluding hydrogens is 416 g/mol. The molecule has 3 heterocycles. The molecule has 0 unspecified atom stereocenters. The van der Waals surface area contributed by atoms with E-state index in [1.807, 2.05) is 0 Å². The second-order valence-corrected chi connectivity index (χ2v) is 9.07. The summed E-state index contributed by atoms with van der Waals surface area (Å²) in [5.74, 6) is 0. The molecular formula is C30H32N4+2. The lowest BCUT2D eigenvalue weighted by molar-refractivity contribution is -0.697. The van der Waals surface area contributed by atoms with Gasteiger partial charge in [-0.2, -0.15) is 0 Å². The molecule has 4 aromatic rings. The highest BCUT2D eigenvalue weighted by Crippen LogP contribution is 2.34. The summed E-state index contributed by atoms with van der Waals surface area (Å²) in [4.78, 5) is 4.51. The number of nitrogens with zero attached hydrogens (tertiary/aromatic N) is 4. The molecule has 0 N–H and O–H groups in total. The van der Waals surface area contributed by atoms with Gasteiger partial charge in [-0.1, -0.05) is 30.3 Å². The summed E-state index contributed by atoms with van der Waals surface area (Å²) in [5, 5.41) is 1.27. The van der Waals surface area contributed by atoms with Crippen molar-refractivity contribution in [3.63, 3.8) is 0 Å².